The van der Waals surface area contributed by atoms with Crippen LogP contribution in [0.4, 0.5) is 5.69 Å². The van der Waals surface area contributed by atoms with Crippen molar-refractivity contribution in [3.63, 3.8) is 0 Å². The number of hydrogen-bond acceptors (Lipinski definition) is 4. The molecule has 0 unspecified atom stereocenters. The van der Waals surface area contributed by atoms with Crippen molar-refractivity contribution in [2.75, 3.05) is 12.4 Å². The Kier molecular flexibility index (Phi) is 4.21. The minimum atomic E-state index is -0.166. The van der Waals surface area contributed by atoms with E-state index in [4.69, 9.17) is 20.8 Å². The predicted octanol–water partition coefficient (Wildman–Crippen LogP) is 3.98. The minimum absolute atomic E-state index is 0.166. The number of halogens is 1. The van der Waals surface area contributed by atoms with Gasteiger partial charge >= 0.3 is 0 Å². The third-order valence-corrected chi connectivity index (χ3v) is 3.60. The van der Waals surface area contributed by atoms with Crippen molar-refractivity contribution < 1.29 is 13.9 Å². The Bertz CT molecular complexity index is 873. The molecule has 0 spiro atoms. The fraction of sp³-hybridized carbons (Fsp3) is 0.176. The van der Waals surface area contributed by atoms with Gasteiger partial charge in [0.05, 0.1) is 19.2 Å². The lowest BCUT2D eigenvalue weighted by atomic mass is 10.1. The third-order valence-electron chi connectivity index (χ3n) is 3.36. The first-order valence-electron chi connectivity index (χ1n) is 7.04. The van der Waals surface area contributed by atoms with Gasteiger partial charge < -0.3 is 14.5 Å². The molecule has 0 saturated heterocycles. The number of carbonyl (C=O) groups is 1. The van der Waals surface area contributed by atoms with Crippen LogP contribution in [0, 0.1) is 6.92 Å². The number of ether oxygens (including phenoxy) is 1. The highest BCUT2D eigenvalue weighted by atomic mass is 35.5. The van der Waals surface area contributed by atoms with Crippen LogP contribution in [-0.4, -0.2) is 18.0 Å². The Labute approximate surface area is 138 Å². The highest BCUT2D eigenvalue weighted by Crippen LogP contribution is 2.28. The number of nitrogens with zero attached hydrogens (tertiary/aromatic N) is 1. The van der Waals surface area contributed by atoms with E-state index < -0.39 is 0 Å². The number of amides is 1. The van der Waals surface area contributed by atoms with Gasteiger partial charge in [-0.3, -0.25) is 4.79 Å². The van der Waals surface area contributed by atoms with Gasteiger partial charge in [0.2, 0.25) is 5.91 Å². The smallest absolute Gasteiger partial charge is 0.228 e. The lowest BCUT2D eigenvalue weighted by Gasteiger charge is -2.10. The molecule has 0 aliphatic heterocycles. The molecule has 0 fully saturated rings. The molecule has 0 radical (unpaired) electrons. The maximum absolute atomic E-state index is 12.2. The van der Waals surface area contributed by atoms with Crippen LogP contribution in [0.2, 0.25) is 5.02 Å². The van der Waals surface area contributed by atoms with Crippen LogP contribution in [0.5, 0.6) is 5.75 Å². The molecule has 0 saturated carbocycles. The SMILES string of the molecule is COc1ccc(Cl)cc1NC(=O)Cc1ccc2nc(C)oc2c1. The number of fused-ring (bicyclic) bond motifs is 1. The summed E-state index contributed by atoms with van der Waals surface area (Å²) in [6.45, 7) is 1.79. The number of aryl methyl sites for hydroxylation is 1. The zero-order valence-corrected chi connectivity index (χ0v) is 13.5. The summed E-state index contributed by atoms with van der Waals surface area (Å²) in [7, 11) is 1.54. The maximum atomic E-state index is 12.2. The number of nitrogens with one attached hydrogen (secondary N) is 1. The Morgan fingerprint density at radius 1 is 1.30 bits per heavy atom. The van der Waals surface area contributed by atoms with Gasteiger partial charge in [0.25, 0.3) is 0 Å². The second-order valence-corrected chi connectivity index (χ2v) is 5.54. The maximum Gasteiger partial charge on any atom is 0.228 e. The summed E-state index contributed by atoms with van der Waals surface area (Å²) >= 11 is 5.96. The van der Waals surface area contributed by atoms with Crippen LogP contribution in [0.15, 0.2) is 40.8 Å². The number of anilines is 1. The summed E-state index contributed by atoms with van der Waals surface area (Å²) in [5.41, 5.74) is 2.84. The Balaban J connectivity index is 1.76. The first kappa shape index (κ1) is 15.4. The summed E-state index contributed by atoms with van der Waals surface area (Å²) in [4.78, 5) is 16.5. The predicted molar refractivity (Wildman–Crippen MR) is 89.1 cm³/mol. The molecule has 0 aliphatic carbocycles. The van der Waals surface area contributed by atoms with E-state index in [0.717, 1.165) is 11.1 Å². The molecule has 23 heavy (non-hydrogen) atoms. The van der Waals surface area contributed by atoms with Gasteiger partial charge in [-0.1, -0.05) is 17.7 Å². The molecule has 3 rings (SSSR count). The van der Waals surface area contributed by atoms with Gasteiger partial charge in [0.1, 0.15) is 11.3 Å². The Morgan fingerprint density at radius 2 is 2.13 bits per heavy atom. The second-order valence-electron chi connectivity index (χ2n) is 5.10. The van der Waals surface area contributed by atoms with E-state index >= 15 is 0 Å². The molecular weight excluding hydrogens is 316 g/mol. The van der Waals surface area contributed by atoms with E-state index in [1.807, 2.05) is 18.2 Å². The minimum Gasteiger partial charge on any atom is -0.495 e. The number of rotatable bonds is 4. The number of methoxy groups -OCH3 is 1. The lowest BCUT2D eigenvalue weighted by Crippen LogP contribution is -2.15. The normalized spacial score (nSPS) is 10.7. The molecule has 5 nitrogen and oxygen atoms in total. The summed E-state index contributed by atoms with van der Waals surface area (Å²) in [6.07, 6.45) is 0.214. The van der Waals surface area contributed by atoms with Crippen molar-refractivity contribution in [3.05, 3.63) is 52.9 Å². The van der Waals surface area contributed by atoms with Crippen molar-refractivity contribution in [2.45, 2.75) is 13.3 Å². The standard InChI is InChI=1S/C17H15ClN2O3/c1-10-19-13-5-3-11(7-16(13)23-10)8-17(21)20-14-9-12(18)4-6-15(14)22-2/h3-7,9H,8H2,1-2H3,(H,20,21). The zero-order valence-electron chi connectivity index (χ0n) is 12.7. The number of carbonyl (C=O) groups excluding carboxylic acids is 1. The fourth-order valence-electron chi connectivity index (χ4n) is 2.35. The quantitative estimate of drug-likeness (QED) is 0.786. The molecule has 2 aromatic carbocycles. The third kappa shape index (κ3) is 3.46. The van der Waals surface area contributed by atoms with Crippen LogP contribution >= 0.6 is 11.6 Å². The highest BCUT2D eigenvalue weighted by Gasteiger charge is 2.10. The first-order valence-corrected chi connectivity index (χ1v) is 7.42. The van der Waals surface area contributed by atoms with Gasteiger partial charge in [-0.2, -0.15) is 0 Å². The average Bonchev–Trinajstić information content (AvgIpc) is 2.86. The van der Waals surface area contributed by atoms with E-state index in [-0.39, 0.29) is 12.3 Å². The summed E-state index contributed by atoms with van der Waals surface area (Å²) in [5, 5.41) is 3.34. The lowest BCUT2D eigenvalue weighted by molar-refractivity contribution is -0.115. The van der Waals surface area contributed by atoms with E-state index in [1.165, 1.54) is 0 Å². The van der Waals surface area contributed by atoms with Gasteiger partial charge in [-0.05, 0) is 35.9 Å². The molecule has 1 amide bonds. The van der Waals surface area contributed by atoms with Crippen molar-refractivity contribution in [3.8, 4) is 5.75 Å². The van der Waals surface area contributed by atoms with Gasteiger partial charge in [-0.25, -0.2) is 4.98 Å². The monoisotopic (exact) mass is 330 g/mol. The van der Waals surface area contributed by atoms with Crippen LogP contribution in [0.25, 0.3) is 11.1 Å². The van der Waals surface area contributed by atoms with Crippen molar-refractivity contribution in [2.24, 2.45) is 0 Å². The van der Waals surface area contributed by atoms with E-state index in [9.17, 15) is 4.79 Å². The van der Waals surface area contributed by atoms with E-state index in [2.05, 4.69) is 10.3 Å². The van der Waals surface area contributed by atoms with Gasteiger partial charge in [0, 0.05) is 11.9 Å². The zero-order chi connectivity index (χ0) is 16.4. The molecule has 1 aromatic heterocycles. The molecule has 6 heteroatoms. The van der Waals surface area contributed by atoms with Crippen molar-refractivity contribution >= 4 is 34.3 Å². The van der Waals surface area contributed by atoms with Crippen LogP contribution in [0.1, 0.15) is 11.5 Å². The van der Waals surface area contributed by atoms with Crippen LogP contribution in [0.3, 0.4) is 0 Å². The van der Waals surface area contributed by atoms with E-state index in [1.54, 1.807) is 32.2 Å². The van der Waals surface area contributed by atoms with Crippen LogP contribution < -0.4 is 10.1 Å². The molecule has 118 valence electrons. The molecule has 1 heterocycles. The summed E-state index contributed by atoms with van der Waals surface area (Å²) < 4.78 is 10.7. The van der Waals surface area contributed by atoms with E-state index in [0.29, 0.717) is 27.9 Å². The first-order chi connectivity index (χ1) is 11.0. The molecular formula is C17H15ClN2O3. The Hall–Kier alpha value is -2.53. The number of benzene rings is 2. The molecule has 3 aromatic rings. The molecule has 0 aliphatic rings. The molecule has 0 bridgehead atoms. The van der Waals surface area contributed by atoms with Crippen LogP contribution in [-0.2, 0) is 11.2 Å². The van der Waals surface area contributed by atoms with Crippen molar-refractivity contribution in [1.82, 2.24) is 4.98 Å². The number of hydrogen-bond donors (Lipinski definition) is 1. The molecule has 1 N–H and O–H groups in total. The van der Waals surface area contributed by atoms with Gasteiger partial charge in [-0.15, -0.1) is 0 Å². The average molecular weight is 331 g/mol. The molecule has 0 atom stereocenters. The second kappa shape index (κ2) is 6.30. The highest BCUT2D eigenvalue weighted by molar-refractivity contribution is 6.31. The fourth-order valence-corrected chi connectivity index (χ4v) is 2.52. The number of aromatic nitrogens is 1. The number of oxazole rings is 1. The van der Waals surface area contributed by atoms with Gasteiger partial charge in [0.15, 0.2) is 11.5 Å². The summed E-state index contributed by atoms with van der Waals surface area (Å²) in [5.74, 6) is 0.996. The Morgan fingerprint density at radius 3 is 2.91 bits per heavy atom. The topological polar surface area (TPSA) is 64.4 Å². The summed E-state index contributed by atoms with van der Waals surface area (Å²) in [6, 6.07) is 10.6. The largest absolute Gasteiger partial charge is 0.495 e. The van der Waals surface area contributed by atoms with Crippen molar-refractivity contribution in [1.29, 1.82) is 0 Å².